The van der Waals surface area contributed by atoms with Gasteiger partial charge in [0.1, 0.15) is 12.4 Å². The van der Waals surface area contributed by atoms with Crippen LogP contribution in [0.3, 0.4) is 0 Å². The van der Waals surface area contributed by atoms with Crippen LogP contribution in [0.4, 0.5) is 8.78 Å². The molecule has 1 aliphatic rings. The van der Waals surface area contributed by atoms with Crippen LogP contribution in [0.15, 0.2) is 23.2 Å². The van der Waals surface area contributed by atoms with Crippen LogP contribution in [0, 0.1) is 17.6 Å². The highest BCUT2D eigenvalue weighted by atomic mass is 127. The Bertz CT molecular complexity index is 584. The van der Waals surface area contributed by atoms with Gasteiger partial charge in [0.15, 0.2) is 17.5 Å². The van der Waals surface area contributed by atoms with E-state index in [-0.39, 0.29) is 36.3 Å². The van der Waals surface area contributed by atoms with Crippen LogP contribution >= 0.6 is 24.0 Å². The summed E-state index contributed by atoms with van der Waals surface area (Å²) in [7, 11) is 2.02. The molecule has 1 aromatic carbocycles. The van der Waals surface area contributed by atoms with Gasteiger partial charge in [-0.25, -0.2) is 13.8 Å². The molecule has 1 fully saturated rings. The van der Waals surface area contributed by atoms with Crippen molar-refractivity contribution in [1.29, 1.82) is 0 Å². The van der Waals surface area contributed by atoms with Crippen LogP contribution in [-0.2, 0) is 4.74 Å². The van der Waals surface area contributed by atoms with E-state index in [1.807, 2.05) is 14.0 Å². The van der Waals surface area contributed by atoms with Crippen LogP contribution in [0.1, 0.15) is 26.2 Å². The molecule has 0 spiro atoms. The summed E-state index contributed by atoms with van der Waals surface area (Å²) in [6, 6.07) is 3.28. The third-order valence-corrected chi connectivity index (χ3v) is 4.41. The van der Waals surface area contributed by atoms with Crippen molar-refractivity contribution in [3.05, 3.63) is 29.8 Å². The van der Waals surface area contributed by atoms with E-state index in [9.17, 15) is 8.78 Å². The van der Waals surface area contributed by atoms with Gasteiger partial charge in [0.25, 0.3) is 0 Å². The normalized spacial score (nSPS) is 15.2. The highest BCUT2D eigenvalue weighted by Crippen LogP contribution is 2.19. The molecule has 1 saturated heterocycles. The number of nitrogens with zero attached hydrogens (tertiary/aromatic N) is 2. The van der Waals surface area contributed by atoms with Crippen molar-refractivity contribution in [2.75, 3.05) is 46.5 Å². The van der Waals surface area contributed by atoms with E-state index >= 15 is 0 Å². The summed E-state index contributed by atoms with van der Waals surface area (Å²) in [5, 5.41) is 3.26. The molecule has 27 heavy (non-hydrogen) atoms. The first-order valence-corrected chi connectivity index (χ1v) is 9.25. The Morgan fingerprint density at radius 1 is 1.33 bits per heavy atom. The zero-order chi connectivity index (χ0) is 18.8. The highest BCUT2D eigenvalue weighted by molar-refractivity contribution is 14.0. The number of benzene rings is 1. The number of ether oxygens (including phenoxy) is 2. The standard InChI is InChI=1S/C19H29F2N3O2.HI/c1-3-22-19(24(2)10-6-15-7-11-25-12-8-15)23-9-13-26-18-5-4-16(20)14-17(18)21;/h4-5,14-15H,3,6-13H2,1-2H3,(H,22,23);1H. The fourth-order valence-corrected chi connectivity index (χ4v) is 2.89. The lowest BCUT2D eigenvalue weighted by atomic mass is 9.96. The first kappa shape index (κ1) is 23.9. The quantitative estimate of drug-likeness (QED) is 0.258. The van der Waals surface area contributed by atoms with Gasteiger partial charge >= 0.3 is 0 Å². The lowest BCUT2D eigenvalue weighted by molar-refractivity contribution is 0.0625. The topological polar surface area (TPSA) is 46.1 Å². The number of halogens is 3. The largest absolute Gasteiger partial charge is 0.489 e. The van der Waals surface area contributed by atoms with Crippen molar-refractivity contribution in [3.8, 4) is 5.75 Å². The summed E-state index contributed by atoms with van der Waals surface area (Å²) in [4.78, 5) is 6.63. The summed E-state index contributed by atoms with van der Waals surface area (Å²) in [5.41, 5.74) is 0. The smallest absolute Gasteiger partial charge is 0.193 e. The van der Waals surface area contributed by atoms with E-state index in [2.05, 4.69) is 15.2 Å². The minimum Gasteiger partial charge on any atom is -0.489 e. The predicted molar refractivity (Wildman–Crippen MR) is 114 cm³/mol. The van der Waals surface area contributed by atoms with Crippen molar-refractivity contribution in [3.63, 3.8) is 0 Å². The van der Waals surface area contributed by atoms with E-state index in [1.165, 1.54) is 12.1 Å². The molecule has 0 aromatic heterocycles. The fourth-order valence-electron chi connectivity index (χ4n) is 2.89. The number of hydrogen-bond donors (Lipinski definition) is 1. The first-order chi connectivity index (χ1) is 12.6. The van der Waals surface area contributed by atoms with E-state index in [4.69, 9.17) is 9.47 Å². The van der Waals surface area contributed by atoms with Gasteiger partial charge in [-0.3, -0.25) is 0 Å². The monoisotopic (exact) mass is 497 g/mol. The van der Waals surface area contributed by atoms with E-state index < -0.39 is 11.6 Å². The lowest BCUT2D eigenvalue weighted by Gasteiger charge is -2.26. The first-order valence-electron chi connectivity index (χ1n) is 9.25. The van der Waals surface area contributed by atoms with Crippen molar-refractivity contribution >= 4 is 29.9 Å². The van der Waals surface area contributed by atoms with Gasteiger partial charge in [-0.05, 0) is 44.2 Å². The summed E-state index contributed by atoms with van der Waals surface area (Å²) < 4.78 is 37.2. The van der Waals surface area contributed by atoms with Crippen molar-refractivity contribution in [2.45, 2.75) is 26.2 Å². The molecule has 1 aliphatic heterocycles. The maximum absolute atomic E-state index is 13.5. The molecule has 0 bridgehead atoms. The summed E-state index contributed by atoms with van der Waals surface area (Å²) in [6.07, 6.45) is 3.36. The molecule has 0 unspecified atom stereocenters. The Balaban J connectivity index is 0.00000364. The van der Waals surface area contributed by atoms with Gasteiger partial charge in [-0.2, -0.15) is 0 Å². The van der Waals surface area contributed by atoms with Crippen LogP contribution in [0.5, 0.6) is 5.75 Å². The van der Waals surface area contributed by atoms with E-state index in [0.29, 0.717) is 12.5 Å². The molecule has 2 rings (SSSR count). The molecular formula is C19H30F2IN3O2. The summed E-state index contributed by atoms with van der Waals surface area (Å²) >= 11 is 0. The average molecular weight is 497 g/mol. The second kappa shape index (κ2) is 13.1. The number of nitrogens with one attached hydrogen (secondary N) is 1. The highest BCUT2D eigenvalue weighted by Gasteiger charge is 2.15. The maximum atomic E-state index is 13.5. The molecule has 0 saturated carbocycles. The Morgan fingerprint density at radius 2 is 2.07 bits per heavy atom. The molecule has 1 heterocycles. The number of aliphatic imine (C=N–C) groups is 1. The van der Waals surface area contributed by atoms with Gasteiger partial charge < -0.3 is 19.7 Å². The molecule has 1 aromatic rings. The van der Waals surface area contributed by atoms with Crippen molar-refractivity contribution in [2.24, 2.45) is 10.9 Å². The fraction of sp³-hybridized carbons (Fsp3) is 0.632. The third kappa shape index (κ3) is 8.59. The third-order valence-electron chi connectivity index (χ3n) is 4.41. The predicted octanol–water partition coefficient (Wildman–Crippen LogP) is 3.68. The second-order valence-electron chi connectivity index (χ2n) is 6.42. The summed E-state index contributed by atoms with van der Waals surface area (Å²) in [5.74, 6) is 0.240. The van der Waals surface area contributed by atoms with Gasteiger partial charge in [0.05, 0.1) is 6.54 Å². The Morgan fingerprint density at radius 3 is 2.74 bits per heavy atom. The molecular weight excluding hydrogens is 467 g/mol. The zero-order valence-corrected chi connectivity index (χ0v) is 18.4. The molecule has 154 valence electrons. The summed E-state index contributed by atoms with van der Waals surface area (Å²) in [6.45, 7) is 6.05. The van der Waals surface area contributed by atoms with Crippen LogP contribution in [0.2, 0.25) is 0 Å². The average Bonchev–Trinajstić information content (AvgIpc) is 2.64. The van der Waals surface area contributed by atoms with E-state index in [0.717, 1.165) is 57.6 Å². The minimum absolute atomic E-state index is 0. The maximum Gasteiger partial charge on any atom is 0.193 e. The lowest BCUT2D eigenvalue weighted by Crippen LogP contribution is -2.40. The number of guanidine groups is 1. The molecule has 0 amide bonds. The minimum atomic E-state index is -0.700. The van der Waals surface area contributed by atoms with E-state index in [1.54, 1.807) is 0 Å². The Kier molecular flexibility index (Phi) is 11.6. The zero-order valence-electron chi connectivity index (χ0n) is 16.0. The second-order valence-corrected chi connectivity index (χ2v) is 6.42. The molecule has 0 radical (unpaired) electrons. The molecule has 8 heteroatoms. The van der Waals surface area contributed by atoms with Gasteiger partial charge in [-0.15, -0.1) is 24.0 Å². The van der Waals surface area contributed by atoms with Gasteiger partial charge in [-0.1, -0.05) is 0 Å². The van der Waals surface area contributed by atoms with Crippen molar-refractivity contribution < 1.29 is 18.3 Å². The van der Waals surface area contributed by atoms with Crippen LogP contribution in [0.25, 0.3) is 0 Å². The van der Waals surface area contributed by atoms with Crippen molar-refractivity contribution in [1.82, 2.24) is 10.2 Å². The molecule has 0 aliphatic carbocycles. The number of rotatable bonds is 8. The number of hydrogen-bond acceptors (Lipinski definition) is 3. The van der Waals surface area contributed by atoms with Gasteiger partial charge in [0, 0.05) is 39.4 Å². The Hall–Kier alpha value is -1.16. The van der Waals surface area contributed by atoms with Gasteiger partial charge in [0.2, 0.25) is 0 Å². The van der Waals surface area contributed by atoms with Crippen LogP contribution in [-0.4, -0.2) is 57.4 Å². The molecule has 1 N–H and O–H groups in total. The Labute approximate surface area is 177 Å². The molecule has 0 atom stereocenters. The SMILES string of the molecule is CCNC(=NCCOc1ccc(F)cc1F)N(C)CCC1CCOCC1.I. The van der Waals surface area contributed by atoms with Crippen LogP contribution < -0.4 is 10.1 Å². The molecule has 5 nitrogen and oxygen atoms in total.